The Morgan fingerprint density at radius 3 is 0.538 bits per heavy atom. The summed E-state index contributed by atoms with van der Waals surface area (Å²) in [5.41, 5.74) is 0. The molecule has 8 nitrogen and oxygen atoms in total. The fourth-order valence-electron chi connectivity index (χ4n) is 0. The maximum Gasteiger partial charge on any atom is 4.00 e. The van der Waals surface area contributed by atoms with E-state index in [9.17, 15) is 0 Å². The molecular formula is C4H4O8Ti. The SMILES string of the molecule is O=C[O-].O=C[O-].O=C[O-].O=C[O-].[Ti+4]. The Morgan fingerprint density at radius 1 is 0.538 bits per heavy atom. The summed E-state index contributed by atoms with van der Waals surface area (Å²) in [6.07, 6.45) is 0. The number of carboxylic acid groups (broad SMARTS) is 4. The van der Waals surface area contributed by atoms with Crippen molar-refractivity contribution in [1.82, 2.24) is 0 Å². The molecule has 0 fully saturated rings. The zero-order chi connectivity index (χ0) is 10.8. The van der Waals surface area contributed by atoms with Crippen LogP contribution in [0.3, 0.4) is 0 Å². The summed E-state index contributed by atoms with van der Waals surface area (Å²) in [6, 6.07) is 0. The molecule has 0 unspecified atom stereocenters. The first kappa shape index (κ1) is 29.9. The van der Waals surface area contributed by atoms with Gasteiger partial charge in [0.25, 0.3) is 0 Å². The van der Waals surface area contributed by atoms with Gasteiger partial charge in [0.2, 0.25) is 0 Å². The van der Waals surface area contributed by atoms with Gasteiger partial charge >= 0.3 is 21.7 Å². The summed E-state index contributed by atoms with van der Waals surface area (Å²) in [4.78, 5) is 33.0. The van der Waals surface area contributed by atoms with Gasteiger partial charge in [-0.2, -0.15) is 0 Å². The van der Waals surface area contributed by atoms with Crippen molar-refractivity contribution in [3.8, 4) is 0 Å². The molecule has 0 aliphatic rings. The summed E-state index contributed by atoms with van der Waals surface area (Å²) >= 11 is 0. The number of rotatable bonds is 0. The van der Waals surface area contributed by atoms with Gasteiger partial charge in [-0.1, -0.05) is 0 Å². The molecule has 0 atom stereocenters. The molecule has 0 saturated heterocycles. The van der Waals surface area contributed by atoms with E-state index >= 15 is 0 Å². The summed E-state index contributed by atoms with van der Waals surface area (Å²) in [5, 5.41) is 33.0. The molecule has 0 aliphatic heterocycles. The zero-order valence-corrected chi connectivity index (χ0v) is 7.64. The Labute approximate surface area is 87.7 Å². The summed E-state index contributed by atoms with van der Waals surface area (Å²) in [6.45, 7) is -2.00. The van der Waals surface area contributed by atoms with Crippen LogP contribution in [0.1, 0.15) is 0 Å². The quantitative estimate of drug-likeness (QED) is 0.292. The largest absolute Gasteiger partial charge is 4.00 e. The van der Waals surface area contributed by atoms with Gasteiger partial charge in [0.15, 0.2) is 0 Å². The van der Waals surface area contributed by atoms with Gasteiger partial charge in [-0.25, -0.2) is 0 Å². The second kappa shape index (κ2) is 145. The molecule has 0 saturated carbocycles. The van der Waals surface area contributed by atoms with Crippen molar-refractivity contribution in [1.29, 1.82) is 0 Å². The molecule has 0 bridgehead atoms. The molecule has 9 heteroatoms. The maximum absolute atomic E-state index is 8.25. The van der Waals surface area contributed by atoms with E-state index in [0.717, 1.165) is 0 Å². The van der Waals surface area contributed by atoms with Crippen molar-refractivity contribution in [3.05, 3.63) is 0 Å². The fraction of sp³-hybridized carbons (Fsp3) is 0. The van der Waals surface area contributed by atoms with Crippen LogP contribution in [-0.4, -0.2) is 25.9 Å². The standard InChI is InChI=1S/4CH2O2.Ti/c4*2-1-3;/h4*1H,(H,2,3);/q;;;;+4/p-4. The van der Waals surface area contributed by atoms with E-state index in [1.807, 2.05) is 0 Å². The van der Waals surface area contributed by atoms with Crippen LogP contribution in [0.5, 0.6) is 0 Å². The molecular weight excluding hydrogens is 224 g/mol. The summed E-state index contributed by atoms with van der Waals surface area (Å²) in [7, 11) is 0. The molecule has 0 heterocycles. The topological polar surface area (TPSA) is 161 Å². The Hall–Kier alpha value is -1.41. The van der Waals surface area contributed by atoms with Crippen LogP contribution >= 0.6 is 0 Å². The third-order valence-electron chi connectivity index (χ3n) is 0. The van der Waals surface area contributed by atoms with Crippen LogP contribution < -0.4 is 20.4 Å². The van der Waals surface area contributed by atoms with Gasteiger partial charge in [0, 0.05) is 25.9 Å². The van der Waals surface area contributed by atoms with Gasteiger partial charge in [0.1, 0.15) is 0 Å². The van der Waals surface area contributed by atoms with Crippen molar-refractivity contribution in [3.63, 3.8) is 0 Å². The van der Waals surface area contributed by atoms with Crippen molar-refractivity contribution in [2.24, 2.45) is 0 Å². The van der Waals surface area contributed by atoms with E-state index in [1.165, 1.54) is 0 Å². The zero-order valence-electron chi connectivity index (χ0n) is 6.08. The molecule has 13 heavy (non-hydrogen) atoms. The molecule has 72 valence electrons. The number of hydrogen-bond donors (Lipinski definition) is 0. The Bertz CT molecular complexity index is 70.1. The van der Waals surface area contributed by atoms with Crippen LogP contribution in [0.25, 0.3) is 0 Å². The molecule has 0 aromatic heterocycles. The van der Waals surface area contributed by atoms with Crippen molar-refractivity contribution in [2.75, 3.05) is 0 Å². The first-order valence-electron chi connectivity index (χ1n) is 1.89. The van der Waals surface area contributed by atoms with Crippen LogP contribution in [-0.2, 0) is 40.9 Å². The number of carbonyl (C=O) groups is 4. The van der Waals surface area contributed by atoms with E-state index in [-0.39, 0.29) is 21.7 Å². The molecule has 0 aromatic rings. The molecule has 0 spiro atoms. The van der Waals surface area contributed by atoms with E-state index < -0.39 is 25.9 Å². The van der Waals surface area contributed by atoms with Crippen molar-refractivity contribution in [2.45, 2.75) is 0 Å². The van der Waals surface area contributed by atoms with Gasteiger partial charge in [-0.05, 0) is 0 Å². The Morgan fingerprint density at radius 2 is 0.538 bits per heavy atom. The third kappa shape index (κ3) is 396. The predicted molar refractivity (Wildman–Crippen MR) is 24.3 cm³/mol. The number of hydrogen-bond acceptors (Lipinski definition) is 8. The average molecular weight is 228 g/mol. The Kier molecular flexibility index (Phi) is 334. The minimum absolute atomic E-state index is 0. The summed E-state index contributed by atoms with van der Waals surface area (Å²) < 4.78 is 0. The second-order valence-electron chi connectivity index (χ2n) is 0.385. The van der Waals surface area contributed by atoms with E-state index in [0.29, 0.717) is 0 Å². The first-order valence-corrected chi connectivity index (χ1v) is 1.89. The van der Waals surface area contributed by atoms with Crippen LogP contribution in [0.15, 0.2) is 0 Å². The maximum atomic E-state index is 8.25. The smallest absolute Gasteiger partial charge is 0.554 e. The Balaban J connectivity index is -0.0000000213. The first-order chi connectivity index (χ1) is 5.66. The second-order valence-corrected chi connectivity index (χ2v) is 0.385. The van der Waals surface area contributed by atoms with Crippen molar-refractivity contribution >= 4 is 25.9 Å². The van der Waals surface area contributed by atoms with Gasteiger partial charge in [-0.3, -0.25) is 0 Å². The fourth-order valence-corrected chi connectivity index (χ4v) is 0. The minimum atomic E-state index is -0.500. The van der Waals surface area contributed by atoms with Crippen LogP contribution in [0.4, 0.5) is 0 Å². The minimum Gasteiger partial charge on any atom is -0.554 e. The van der Waals surface area contributed by atoms with Gasteiger partial charge < -0.3 is 39.6 Å². The van der Waals surface area contributed by atoms with Gasteiger partial charge in [-0.15, -0.1) is 0 Å². The third-order valence-corrected chi connectivity index (χ3v) is 0. The molecule has 0 rings (SSSR count). The van der Waals surface area contributed by atoms with Crippen LogP contribution in [0, 0.1) is 0 Å². The van der Waals surface area contributed by atoms with E-state index in [1.54, 1.807) is 0 Å². The monoisotopic (exact) mass is 228 g/mol. The van der Waals surface area contributed by atoms with E-state index in [4.69, 9.17) is 39.6 Å². The van der Waals surface area contributed by atoms with Gasteiger partial charge in [0.05, 0.1) is 0 Å². The normalized spacial score (nSPS) is 3.69. The predicted octanol–water partition coefficient (Wildman–Crippen LogP) is -6.54. The van der Waals surface area contributed by atoms with E-state index in [2.05, 4.69) is 0 Å². The molecule has 0 radical (unpaired) electrons. The van der Waals surface area contributed by atoms with Crippen molar-refractivity contribution < 1.29 is 61.3 Å². The summed E-state index contributed by atoms with van der Waals surface area (Å²) in [5.74, 6) is 0. The average Bonchev–Trinajstić information content (AvgIpc) is 1.92. The molecule has 0 aromatic carbocycles. The molecule has 0 amide bonds. The molecule has 0 aliphatic carbocycles. The van der Waals surface area contributed by atoms with Crippen LogP contribution in [0.2, 0.25) is 0 Å². The number of carbonyl (C=O) groups excluding carboxylic acids is 4. The molecule has 0 N–H and O–H groups in total.